The molecule has 0 aliphatic heterocycles. The number of nitrogens with two attached hydrogens (primary N) is 1. The predicted molar refractivity (Wildman–Crippen MR) is 72.5 cm³/mol. The Bertz CT molecular complexity index is 434. The number of hydrogen-bond donors (Lipinski definition) is 3. The summed E-state index contributed by atoms with van der Waals surface area (Å²) < 4.78 is 0.676. The summed E-state index contributed by atoms with van der Waals surface area (Å²) in [5, 5.41) is 5.17. The summed E-state index contributed by atoms with van der Waals surface area (Å²) in [5.41, 5.74) is 5.03. The summed E-state index contributed by atoms with van der Waals surface area (Å²) in [6.07, 6.45) is 0. The van der Waals surface area contributed by atoms with E-state index in [0.29, 0.717) is 10.9 Å². The second-order valence-electron chi connectivity index (χ2n) is 4.15. The predicted octanol–water partition coefficient (Wildman–Crippen LogP) is 1.71. The number of carbonyl (C=O) groups excluding carboxylic acids is 2. The molecular weight excluding hydrogens is 274 g/mol. The molecule has 18 heavy (non-hydrogen) atoms. The van der Waals surface area contributed by atoms with Gasteiger partial charge in [-0.2, -0.15) is 0 Å². The van der Waals surface area contributed by atoms with Gasteiger partial charge in [0.25, 0.3) is 0 Å². The first-order chi connectivity index (χ1) is 8.40. The van der Waals surface area contributed by atoms with Crippen LogP contribution in [0, 0.1) is 5.92 Å². The molecule has 0 spiro atoms. The first kappa shape index (κ1) is 14.8. The number of primary amides is 1. The maximum atomic E-state index is 11.9. The minimum atomic E-state index is -0.706. The molecule has 0 fully saturated rings. The zero-order chi connectivity index (χ0) is 13.7. The highest BCUT2D eigenvalue weighted by Gasteiger charge is 2.22. The van der Waals surface area contributed by atoms with E-state index >= 15 is 0 Å². The lowest BCUT2D eigenvalue weighted by Crippen LogP contribution is -2.51. The number of nitrogens with one attached hydrogen (secondary N) is 2. The second-order valence-corrected chi connectivity index (χ2v) is 5.95. The number of hydrogen-bond acceptors (Lipinski definition) is 3. The number of halogens is 1. The van der Waals surface area contributed by atoms with Crippen LogP contribution >= 0.6 is 22.9 Å². The standard InChI is InChI=1S/C11H16ClN3O2S/c1-6(2)9(15-11(13)17)10(16)14-5-7-3-4-8(12)18-7/h3-4,6,9H,5H2,1-2H3,(H,14,16)(H3,13,15,17)/t9-/m0/s1. The molecule has 0 aliphatic rings. The minimum Gasteiger partial charge on any atom is -0.352 e. The van der Waals surface area contributed by atoms with E-state index in [1.807, 2.05) is 19.9 Å². The van der Waals surface area contributed by atoms with Crippen LogP contribution in [0.3, 0.4) is 0 Å². The summed E-state index contributed by atoms with van der Waals surface area (Å²) in [4.78, 5) is 23.7. The van der Waals surface area contributed by atoms with Crippen molar-refractivity contribution in [1.82, 2.24) is 10.6 Å². The minimum absolute atomic E-state index is 0.0376. The fourth-order valence-electron chi connectivity index (χ4n) is 1.42. The molecule has 1 aromatic heterocycles. The second kappa shape index (κ2) is 6.61. The molecule has 1 heterocycles. The van der Waals surface area contributed by atoms with Gasteiger partial charge in [0.15, 0.2) is 0 Å². The van der Waals surface area contributed by atoms with E-state index < -0.39 is 12.1 Å². The number of rotatable bonds is 5. The fourth-order valence-corrected chi connectivity index (χ4v) is 2.45. The van der Waals surface area contributed by atoms with E-state index in [-0.39, 0.29) is 11.8 Å². The van der Waals surface area contributed by atoms with Gasteiger partial charge in [-0.25, -0.2) is 4.79 Å². The van der Waals surface area contributed by atoms with E-state index in [2.05, 4.69) is 10.6 Å². The van der Waals surface area contributed by atoms with Gasteiger partial charge in [-0.1, -0.05) is 25.4 Å². The number of urea groups is 1. The first-order valence-electron chi connectivity index (χ1n) is 5.48. The Labute approximate surface area is 115 Å². The zero-order valence-electron chi connectivity index (χ0n) is 10.2. The molecule has 1 aromatic rings. The lowest BCUT2D eigenvalue weighted by atomic mass is 10.0. The molecule has 0 aromatic carbocycles. The molecule has 5 nitrogen and oxygen atoms in total. The molecule has 1 rings (SSSR count). The Morgan fingerprint density at radius 1 is 1.44 bits per heavy atom. The van der Waals surface area contributed by atoms with Crippen molar-refractivity contribution in [3.8, 4) is 0 Å². The molecule has 0 bridgehead atoms. The molecule has 4 N–H and O–H groups in total. The molecular formula is C11H16ClN3O2S. The third kappa shape index (κ3) is 4.54. The topological polar surface area (TPSA) is 84.2 Å². The van der Waals surface area contributed by atoms with Crippen LogP contribution in [0.25, 0.3) is 0 Å². The number of amides is 3. The van der Waals surface area contributed by atoms with Crippen molar-refractivity contribution >= 4 is 34.9 Å². The largest absolute Gasteiger partial charge is 0.352 e. The summed E-state index contributed by atoms with van der Waals surface area (Å²) >= 11 is 7.19. The Balaban J connectivity index is 2.53. The monoisotopic (exact) mass is 289 g/mol. The maximum Gasteiger partial charge on any atom is 0.312 e. The van der Waals surface area contributed by atoms with Crippen LogP contribution in [0.2, 0.25) is 4.34 Å². The van der Waals surface area contributed by atoms with Gasteiger partial charge >= 0.3 is 6.03 Å². The fraction of sp³-hybridized carbons (Fsp3) is 0.455. The van der Waals surface area contributed by atoms with Crippen molar-refractivity contribution < 1.29 is 9.59 Å². The van der Waals surface area contributed by atoms with Gasteiger partial charge in [0.05, 0.1) is 10.9 Å². The zero-order valence-corrected chi connectivity index (χ0v) is 11.8. The van der Waals surface area contributed by atoms with Crippen LogP contribution in [0.15, 0.2) is 12.1 Å². The molecule has 1 atom stereocenters. The Hall–Kier alpha value is -1.27. The average Bonchev–Trinajstić information content (AvgIpc) is 2.68. The van der Waals surface area contributed by atoms with Gasteiger partial charge in [-0.3, -0.25) is 4.79 Å². The van der Waals surface area contributed by atoms with Gasteiger partial charge in [0, 0.05) is 4.88 Å². The van der Waals surface area contributed by atoms with E-state index in [1.165, 1.54) is 11.3 Å². The highest BCUT2D eigenvalue weighted by Crippen LogP contribution is 2.21. The average molecular weight is 290 g/mol. The third-order valence-electron chi connectivity index (χ3n) is 2.31. The lowest BCUT2D eigenvalue weighted by molar-refractivity contribution is -0.124. The summed E-state index contributed by atoms with van der Waals surface area (Å²) in [5.74, 6) is -0.294. The van der Waals surface area contributed by atoms with Crippen molar-refractivity contribution in [3.05, 3.63) is 21.3 Å². The van der Waals surface area contributed by atoms with Crippen molar-refractivity contribution in [2.24, 2.45) is 11.7 Å². The van der Waals surface area contributed by atoms with Gasteiger partial charge in [-0.15, -0.1) is 11.3 Å². The van der Waals surface area contributed by atoms with E-state index in [9.17, 15) is 9.59 Å². The first-order valence-corrected chi connectivity index (χ1v) is 6.67. The van der Waals surface area contributed by atoms with Crippen LogP contribution in [-0.4, -0.2) is 18.0 Å². The summed E-state index contributed by atoms with van der Waals surface area (Å²) in [6.45, 7) is 4.06. The van der Waals surface area contributed by atoms with Gasteiger partial charge in [0.2, 0.25) is 5.91 Å². The molecule has 0 aliphatic carbocycles. The number of thiophene rings is 1. The van der Waals surface area contributed by atoms with E-state index in [4.69, 9.17) is 17.3 Å². The normalized spacial score (nSPS) is 12.2. The van der Waals surface area contributed by atoms with Gasteiger partial charge in [0.1, 0.15) is 6.04 Å². The van der Waals surface area contributed by atoms with Gasteiger partial charge in [-0.05, 0) is 18.1 Å². The van der Waals surface area contributed by atoms with Crippen molar-refractivity contribution in [2.45, 2.75) is 26.4 Å². The Morgan fingerprint density at radius 3 is 2.56 bits per heavy atom. The SMILES string of the molecule is CC(C)[C@H](NC(N)=O)C(=O)NCc1ccc(Cl)s1. The molecule has 0 saturated heterocycles. The van der Waals surface area contributed by atoms with E-state index in [0.717, 1.165) is 4.88 Å². The maximum absolute atomic E-state index is 11.9. The smallest absolute Gasteiger partial charge is 0.312 e. The number of carbonyl (C=O) groups is 2. The van der Waals surface area contributed by atoms with Crippen LogP contribution < -0.4 is 16.4 Å². The molecule has 0 saturated carbocycles. The molecule has 0 radical (unpaired) electrons. The summed E-state index contributed by atoms with van der Waals surface area (Å²) in [6, 6.07) is 2.29. The Morgan fingerprint density at radius 2 is 2.11 bits per heavy atom. The highest BCUT2D eigenvalue weighted by atomic mass is 35.5. The van der Waals surface area contributed by atoms with Crippen molar-refractivity contribution in [1.29, 1.82) is 0 Å². The molecule has 100 valence electrons. The quantitative estimate of drug-likeness (QED) is 0.771. The highest BCUT2D eigenvalue weighted by molar-refractivity contribution is 7.16. The van der Waals surface area contributed by atoms with Crippen molar-refractivity contribution in [2.75, 3.05) is 0 Å². The Kier molecular flexibility index (Phi) is 5.43. The molecule has 7 heteroatoms. The lowest BCUT2D eigenvalue weighted by Gasteiger charge is -2.20. The van der Waals surface area contributed by atoms with Crippen molar-refractivity contribution in [3.63, 3.8) is 0 Å². The third-order valence-corrected chi connectivity index (χ3v) is 3.54. The van der Waals surface area contributed by atoms with Crippen LogP contribution in [0.4, 0.5) is 4.79 Å². The molecule has 3 amide bonds. The van der Waals surface area contributed by atoms with Crippen LogP contribution in [0.5, 0.6) is 0 Å². The van der Waals surface area contributed by atoms with E-state index in [1.54, 1.807) is 6.07 Å². The van der Waals surface area contributed by atoms with Crippen LogP contribution in [-0.2, 0) is 11.3 Å². The summed E-state index contributed by atoms with van der Waals surface area (Å²) in [7, 11) is 0. The van der Waals surface area contributed by atoms with Gasteiger partial charge < -0.3 is 16.4 Å². The van der Waals surface area contributed by atoms with Crippen LogP contribution in [0.1, 0.15) is 18.7 Å². The molecule has 0 unspecified atom stereocenters.